The van der Waals surface area contributed by atoms with Gasteiger partial charge in [-0.1, -0.05) is 11.3 Å². The lowest BCUT2D eigenvalue weighted by molar-refractivity contribution is 0.559. The van der Waals surface area contributed by atoms with Gasteiger partial charge in [-0.05, 0) is 12.8 Å². The van der Waals surface area contributed by atoms with Crippen molar-refractivity contribution in [3.05, 3.63) is 5.51 Å². The molecule has 1 N–H and O–H groups in total. The molecular formula is C7H11N3O2S2. The molecule has 1 saturated heterocycles. The summed E-state index contributed by atoms with van der Waals surface area (Å²) in [6, 6.07) is 0.228. The Balaban J connectivity index is 1.91. The highest BCUT2D eigenvalue weighted by atomic mass is 32.2. The first kappa shape index (κ1) is 9.85. The predicted molar refractivity (Wildman–Crippen MR) is 55.2 cm³/mol. The molecule has 1 aromatic heterocycles. The number of anilines is 1. The fourth-order valence-corrected chi connectivity index (χ4v) is 3.46. The largest absolute Gasteiger partial charge is 0.357 e. The molecule has 2 heterocycles. The molecule has 5 nitrogen and oxygen atoms in total. The molecule has 0 unspecified atom stereocenters. The van der Waals surface area contributed by atoms with E-state index in [-0.39, 0.29) is 17.5 Å². The van der Waals surface area contributed by atoms with E-state index in [1.54, 1.807) is 5.51 Å². The number of hydrogen-bond donors (Lipinski definition) is 1. The normalized spacial score (nSPS) is 22.0. The zero-order chi connectivity index (χ0) is 10.0. The van der Waals surface area contributed by atoms with E-state index in [2.05, 4.69) is 15.5 Å². The molecule has 2 rings (SSSR count). The molecule has 0 spiro atoms. The third-order valence-electron chi connectivity index (χ3n) is 2.24. The Morgan fingerprint density at radius 3 is 2.71 bits per heavy atom. The van der Waals surface area contributed by atoms with Crippen LogP contribution in [0.1, 0.15) is 12.8 Å². The summed E-state index contributed by atoms with van der Waals surface area (Å²) in [6.07, 6.45) is 1.34. The summed E-state index contributed by atoms with van der Waals surface area (Å²) in [5.74, 6) is 0.562. The molecule has 1 aliphatic heterocycles. The lowest BCUT2D eigenvalue weighted by atomic mass is 10.2. The first-order valence-electron chi connectivity index (χ1n) is 4.39. The molecule has 14 heavy (non-hydrogen) atoms. The van der Waals surface area contributed by atoms with Crippen molar-refractivity contribution in [3.8, 4) is 0 Å². The minimum absolute atomic E-state index is 0.228. The van der Waals surface area contributed by atoms with Crippen LogP contribution in [0.5, 0.6) is 0 Å². The van der Waals surface area contributed by atoms with E-state index in [0.717, 1.165) is 5.13 Å². The maximum atomic E-state index is 11.1. The molecule has 7 heteroatoms. The van der Waals surface area contributed by atoms with E-state index in [4.69, 9.17) is 0 Å². The Morgan fingerprint density at radius 2 is 2.14 bits per heavy atom. The van der Waals surface area contributed by atoms with Gasteiger partial charge in [0.15, 0.2) is 0 Å². The van der Waals surface area contributed by atoms with E-state index >= 15 is 0 Å². The van der Waals surface area contributed by atoms with Gasteiger partial charge in [-0.15, -0.1) is 10.2 Å². The van der Waals surface area contributed by atoms with E-state index in [9.17, 15) is 8.42 Å². The van der Waals surface area contributed by atoms with Crippen LogP contribution in [0.4, 0.5) is 5.13 Å². The lowest BCUT2D eigenvalue weighted by Gasteiger charge is -2.22. The van der Waals surface area contributed by atoms with Crippen molar-refractivity contribution >= 4 is 26.3 Å². The van der Waals surface area contributed by atoms with Crippen molar-refractivity contribution in [2.24, 2.45) is 0 Å². The summed E-state index contributed by atoms with van der Waals surface area (Å²) in [5, 5.41) is 11.5. The maximum absolute atomic E-state index is 11.1. The number of nitrogens with one attached hydrogen (secondary N) is 1. The van der Waals surface area contributed by atoms with Gasteiger partial charge in [0, 0.05) is 6.04 Å². The number of sulfone groups is 1. The highest BCUT2D eigenvalue weighted by Crippen LogP contribution is 2.18. The van der Waals surface area contributed by atoms with Gasteiger partial charge < -0.3 is 5.32 Å². The highest BCUT2D eigenvalue weighted by Gasteiger charge is 2.23. The van der Waals surface area contributed by atoms with Crippen LogP contribution < -0.4 is 5.32 Å². The fraction of sp³-hybridized carbons (Fsp3) is 0.714. The molecule has 1 aromatic rings. The third kappa shape index (κ3) is 2.42. The van der Waals surface area contributed by atoms with Crippen molar-refractivity contribution in [2.45, 2.75) is 18.9 Å². The molecule has 0 radical (unpaired) electrons. The van der Waals surface area contributed by atoms with Gasteiger partial charge in [0.1, 0.15) is 15.3 Å². The minimum Gasteiger partial charge on any atom is -0.357 e. The molecule has 0 atom stereocenters. The number of nitrogens with zero attached hydrogens (tertiary/aromatic N) is 2. The summed E-state index contributed by atoms with van der Waals surface area (Å²) < 4.78 is 22.3. The monoisotopic (exact) mass is 233 g/mol. The van der Waals surface area contributed by atoms with Crippen molar-refractivity contribution in [2.75, 3.05) is 16.8 Å². The average molecular weight is 233 g/mol. The molecule has 0 saturated carbocycles. The van der Waals surface area contributed by atoms with Crippen molar-refractivity contribution in [3.63, 3.8) is 0 Å². The zero-order valence-corrected chi connectivity index (χ0v) is 9.14. The number of rotatable bonds is 2. The first-order valence-corrected chi connectivity index (χ1v) is 7.09. The average Bonchev–Trinajstić information content (AvgIpc) is 2.61. The van der Waals surface area contributed by atoms with Gasteiger partial charge in [-0.3, -0.25) is 0 Å². The summed E-state index contributed by atoms with van der Waals surface area (Å²) in [6.45, 7) is 0. The van der Waals surface area contributed by atoms with Crippen molar-refractivity contribution < 1.29 is 8.42 Å². The van der Waals surface area contributed by atoms with Gasteiger partial charge in [0.25, 0.3) is 0 Å². The van der Waals surface area contributed by atoms with Crippen LogP contribution in [-0.4, -0.2) is 36.2 Å². The Labute approximate surface area is 86.5 Å². The molecule has 1 aliphatic rings. The Bertz CT molecular complexity index is 373. The van der Waals surface area contributed by atoms with Gasteiger partial charge in [0.2, 0.25) is 5.13 Å². The second-order valence-electron chi connectivity index (χ2n) is 3.31. The fourth-order valence-electron chi connectivity index (χ4n) is 1.44. The predicted octanol–water partition coefficient (Wildman–Crippen LogP) is 0.527. The summed E-state index contributed by atoms with van der Waals surface area (Å²) in [4.78, 5) is 0. The second-order valence-corrected chi connectivity index (χ2v) is 6.45. The van der Waals surface area contributed by atoms with Crippen LogP contribution in [0.3, 0.4) is 0 Å². The number of aromatic nitrogens is 2. The summed E-state index contributed by atoms with van der Waals surface area (Å²) >= 11 is 1.43. The van der Waals surface area contributed by atoms with Gasteiger partial charge in [0.05, 0.1) is 11.5 Å². The zero-order valence-electron chi connectivity index (χ0n) is 7.51. The van der Waals surface area contributed by atoms with Gasteiger partial charge in [-0.25, -0.2) is 8.42 Å². The summed E-state index contributed by atoms with van der Waals surface area (Å²) in [5.41, 5.74) is 1.65. The number of hydrogen-bond acceptors (Lipinski definition) is 6. The van der Waals surface area contributed by atoms with Gasteiger partial charge in [-0.2, -0.15) is 0 Å². The van der Waals surface area contributed by atoms with Crippen LogP contribution >= 0.6 is 11.3 Å². The van der Waals surface area contributed by atoms with Crippen LogP contribution in [0.25, 0.3) is 0 Å². The standard InChI is InChI=1S/C7H11N3O2S2/c11-14(12)3-1-6(2-4-14)9-7-10-8-5-13-7/h5-6H,1-4H2,(H,9,10). The SMILES string of the molecule is O=S1(=O)CCC(Nc2nncs2)CC1. The van der Waals surface area contributed by atoms with Crippen LogP contribution in [-0.2, 0) is 9.84 Å². The van der Waals surface area contributed by atoms with Crippen LogP contribution in [0.2, 0.25) is 0 Å². The highest BCUT2D eigenvalue weighted by molar-refractivity contribution is 7.91. The lowest BCUT2D eigenvalue weighted by Crippen LogP contribution is -2.32. The maximum Gasteiger partial charge on any atom is 0.205 e. The molecular weight excluding hydrogens is 222 g/mol. The molecule has 0 amide bonds. The minimum atomic E-state index is -2.77. The summed E-state index contributed by atoms with van der Waals surface area (Å²) in [7, 11) is -2.77. The Morgan fingerprint density at radius 1 is 1.43 bits per heavy atom. The smallest absolute Gasteiger partial charge is 0.205 e. The van der Waals surface area contributed by atoms with E-state index < -0.39 is 9.84 Å². The molecule has 0 bridgehead atoms. The van der Waals surface area contributed by atoms with E-state index in [0.29, 0.717) is 12.8 Å². The van der Waals surface area contributed by atoms with Crippen LogP contribution in [0, 0.1) is 0 Å². The molecule has 1 fully saturated rings. The van der Waals surface area contributed by atoms with Gasteiger partial charge >= 0.3 is 0 Å². The molecule has 0 aromatic carbocycles. The van der Waals surface area contributed by atoms with E-state index in [1.807, 2.05) is 0 Å². The quantitative estimate of drug-likeness (QED) is 0.806. The van der Waals surface area contributed by atoms with Crippen molar-refractivity contribution in [1.29, 1.82) is 0 Å². The Hall–Kier alpha value is -0.690. The van der Waals surface area contributed by atoms with Crippen LogP contribution in [0.15, 0.2) is 5.51 Å². The Kier molecular flexibility index (Phi) is 2.69. The molecule has 78 valence electrons. The van der Waals surface area contributed by atoms with Crippen molar-refractivity contribution in [1.82, 2.24) is 10.2 Å². The third-order valence-corrected chi connectivity index (χ3v) is 4.58. The second kappa shape index (κ2) is 3.82. The molecule has 0 aliphatic carbocycles. The first-order chi connectivity index (χ1) is 6.66. The topological polar surface area (TPSA) is 72.0 Å². The van der Waals surface area contributed by atoms with E-state index in [1.165, 1.54) is 11.3 Å².